The Hall–Kier alpha value is -1.96. The second-order valence-corrected chi connectivity index (χ2v) is 4.38. The van der Waals surface area contributed by atoms with Crippen molar-refractivity contribution in [3.05, 3.63) is 54.1 Å². The summed E-state index contributed by atoms with van der Waals surface area (Å²) in [4.78, 5) is 4.31. The first-order valence-electron chi connectivity index (χ1n) is 6.56. The normalized spacial score (nSPS) is 10.5. The smallest absolute Gasteiger partial charge is 0.193 e. The fraction of sp³-hybridized carbons (Fsp3) is 0.188. The van der Waals surface area contributed by atoms with E-state index >= 15 is 0 Å². The van der Waals surface area contributed by atoms with Crippen molar-refractivity contribution in [1.82, 2.24) is 0 Å². The number of benzene rings is 2. The molecule has 0 radical (unpaired) electrons. The average Bonchev–Trinajstić information content (AvgIpc) is 2.53. The maximum atomic E-state index is 5.90. The summed E-state index contributed by atoms with van der Waals surface area (Å²) >= 11 is 0. The first kappa shape index (κ1) is 18.1. The van der Waals surface area contributed by atoms with Gasteiger partial charge in [0.1, 0.15) is 11.5 Å². The van der Waals surface area contributed by atoms with E-state index in [1.54, 1.807) is 14.2 Å². The van der Waals surface area contributed by atoms with Crippen LogP contribution in [0.15, 0.2) is 53.5 Å². The molecule has 0 heterocycles. The van der Waals surface area contributed by atoms with Gasteiger partial charge in [0, 0.05) is 0 Å². The number of hydrogen-bond acceptors (Lipinski definition) is 3. The molecule has 2 rings (SSSR count). The van der Waals surface area contributed by atoms with Crippen LogP contribution in [-0.4, -0.2) is 20.2 Å². The third-order valence-corrected chi connectivity index (χ3v) is 2.94. The highest BCUT2D eigenvalue weighted by molar-refractivity contribution is 14.0. The predicted octanol–water partition coefficient (Wildman–Crippen LogP) is 3.25. The molecule has 0 aliphatic heterocycles. The standard InChI is InChI=1S/C16H19N3O2.HI/c1-20-13-7-5-6-12(10-13)11-18-16(17)19-14-8-3-4-9-15(14)21-2;/h3-10H,11H2,1-2H3,(H3,17,18,19);1H. The number of hydrogen-bond donors (Lipinski definition) is 2. The lowest BCUT2D eigenvalue weighted by Crippen LogP contribution is -2.22. The van der Waals surface area contributed by atoms with Crippen LogP contribution in [0.5, 0.6) is 11.5 Å². The number of anilines is 1. The van der Waals surface area contributed by atoms with Gasteiger partial charge in [0.15, 0.2) is 5.96 Å². The monoisotopic (exact) mass is 413 g/mol. The number of guanidine groups is 1. The Morgan fingerprint density at radius 1 is 1.09 bits per heavy atom. The Balaban J connectivity index is 0.00000242. The molecule has 3 N–H and O–H groups in total. The van der Waals surface area contributed by atoms with E-state index in [1.807, 2.05) is 48.5 Å². The van der Waals surface area contributed by atoms with Gasteiger partial charge in [-0.2, -0.15) is 0 Å². The summed E-state index contributed by atoms with van der Waals surface area (Å²) in [6.07, 6.45) is 0. The van der Waals surface area contributed by atoms with Crippen LogP contribution in [0.3, 0.4) is 0 Å². The third kappa shape index (κ3) is 5.10. The second-order valence-electron chi connectivity index (χ2n) is 4.38. The first-order chi connectivity index (χ1) is 10.2. The van der Waals surface area contributed by atoms with Crippen LogP contribution in [0.2, 0.25) is 0 Å². The highest BCUT2D eigenvalue weighted by Crippen LogP contribution is 2.22. The van der Waals surface area contributed by atoms with Gasteiger partial charge in [0.25, 0.3) is 0 Å². The van der Waals surface area contributed by atoms with Gasteiger partial charge in [0.2, 0.25) is 0 Å². The van der Waals surface area contributed by atoms with Crippen molar-refractivity contribution < 1.29 is 9.47 Å². The van der Waals surface area contributed by atoms with Gasteiger partial charge in [0.05, 0.1) is 26.5 Å². The molecule has 0 aliphatic carbocycles. The van der Waals surface area contributed by atoms with E-state index in [0.717, 1.165) is 22.7 Å². The van der Waals surface area contributed by atoms with Crippen molar-refractivity contribution in [3.8, 4) is 11.5 Å². The molecule has 0 amide bonds. The largest absolute Gasteiger partial charge is 0.497 e. The summed E-state index contributed by atoms with van der Waals surface area (Å²) < 4.78 is 10.4. The lowest BCUT2D eigenvalue weighted by Gasteiger charge is -2.10. The van der Waals surface area contributed by atoms with Crippen molar-refractivity contribution in [2.45, 2.75) is 6.54 Å². The van der Waals surface area contributed by atoms with Crippen molar-refractivity contribution in [2.75, 3.05) is 19.5 Å². The molecule has 0 atom stereocenters. The van der Waals surface area contributed by atoms with Crippen LogP contribution in [0.1, 0.15) is 5.56 Å². The van der Waals surface area contributed by atoms with Crippen molar-refractivity contribution in [2.24, 2.45) is 10.7 Å². The molecule has 118 valence electrons. The van der Waals surface area contributed by atoms with E-state index in [1.165, 1.54) is 0 Å². The zero-order valence-corrected chi connectivity index (χ0v) is 14.9. The van der Waals surface area contributed by atoms with Crippen LogP contribution >= 0.6 is 24.0 Å². The van der Waals surface area contributed by atoms with E-state index in [9.17, 15) is 0 Å². The maximum absolute atomic E-state index is 5.90. The molecule has 22 heavy (non-hydrogen) atoms. The SMILES string of the molecule is COc1cccc(CN=C(N)Nc2ccccc2OC)c1.I. The van der Waals surface area contributed by atoms with E-state index in [4.69, 9.17) is 15.2 Å². The average molecular weight is 413 g/mol. The number of aliphatic imine (C=N–C) groups is 1. The van der Waals surface area contributed by atoms with Crippen molar-refractivity contribution in [1.29, 1.82) is 0 Å². The summed E-state index contributed by atoms with van der Waals surface area (Å²) in [5.74, 6) is 1.86. The molecule has 6 heteroatoms. The first-order valence-corrected chi connectivity index (χ1v) is 6.56. The number of rotatable bonds is 5. The molecule has 5 nitrogen and oxygen atoms in total. The van der Waals surface area contributed by atoms with E-state index in [0.29, 0.717) is 12.5 Å². The van der Waals surface area contributed by atoms with Gasteiger partial charge in [-0.3, -0.25) is 0 Å². The summed E-state index contributed by atoms with van der Waals surface area (Å²) in [5.41, 5.74) is 7.71. The highest BCUT2D eigenvalue weighted by Gasteiger charge is 2.02. The molecule has 0 aromatic heterocycles. The van der Waals surface area contributed by atoms with E-state index in [2.05, 4.69) is 10.3 Å². The summed E-state index contributed by atoms with van der Waals surface area (Å²) in [5, 5.41) is 3.03. The molecule has 2 aromatic rings. The Morgan fingerprint density at radius 3 is 2.59 bits per heavy atom. The van der Waals surface area contributed by atoms with Gasteiger partial charge in [-0.15, -0.1) is 24.0 Å². The molecule has 0 saturated heterocycles. The third-order valence-electron chi connectivity index (χ3n) is 2.94. The molecular weight excluding hydrogens is 393 g/mol. The molecule has 0 aliphatic rings. The maximum Gasteiger partial charge on any atom is 0.193 e. The molecule has 0 spiro atoms. The minimum atomic E-state index is 0. The van der Waals surface area contributed by atoms with Crippen LogP contribution in [0.25, 0.3) is 0 Å². The van der Waals surface area contributed by atoms with Crippen LogP contribution in [-0.2, 0) is 6.54 Å². The predicted molar refractivity (Wildman–Crippen MR) is 100 cm³/mol. The van der Waals surface area contributed by atoms with Gasteiger partial charge >= 0.3 is 0 Å². The van der Waals surface area contributed by atoms with Crippen molar-refractivity contribution in [3.63, 3.8) is 0 Å². The minimum absolute atomic E-state index is 0. The Bertz CT molecular complexity index is 632. The molecule has 2 aromatic carbocycles. The fourth-order valence-electron chi connectivity index (χ4n) is 1.87. The van der Waals surface area contributed by atoms with Gasteiger partial charge in [-0.25, -0.2) is 4.99 Å². The van der Waals surface area contributed by atoms with Gasteiger partial charge in [-0.05, 0) is 29.8 Å². The van der Waals surface area contributed by atoms with Crippen LogP contribution in [0.4, 0.5) is 5.69 Å². The zero-order valence-electron chi connectivity index (χ0n) is 12.6. The number of nitrogens with one attached hydrogen (secondary N) is 1. The molecule has 0 saturated carbocycles. The number of methoxy groups -OCH3 is 2. The molecule has 0 fully saturated rings. The molecule has 0 bridgehead atoms. The van der Waals surface area contributed by atoms with Crippen molar-refractivity contribution >= 4 is 35.6 Å². The molecular formula is C16H20IN3O2. The van der Waals surface area contributed by atoms with Gasteiger partial charge < -0.3 is 20.5 Å². The Labute approximate surface area is 147 Å². The minimum Gasteiger partial charge on any atom is -0.497 e. The topological polar surface area (TPSA) is 68.9 Å². The number of nitrogens with two attached hydrogens (primary N) is 1. The summed E-state index contributed by atoms with van der Waals surface area (Å²) in [7, 11) is 3.25. The van der Waals surface area contributed by atoms with Crippen LogP contribution in [0, 0.1) is 0 Å². The molecule has 0 unspecified atom stereocenters. The lowest BCUT2D eigenvalue weighted by molar-refractivity contribution is 0.414. The second kappa shape index (κ2) is 9.14. The number of nitrogens with zero attached hydrogens (tertiary/aromatic N) is 1. The lowest BCUT2D eigenvalue weighted by atomic mass is 10.2. The zero-order chi connectivity index (χ0) is 15.1. The number of para-hydroxylation sites is 2. The number of halogens is 1. The fourth-order valence-corrected chi connectivity index (χ4v) is 1.87. The van der Waals surface area contributed by atoms with Crippen LogP contribution < -0.4 is 20.5 Å². The van der Waals surface area contributed by atoms with E-state index in [-0.39, 0.29) is 24.0 Å². The summed E-state index contributed by atoms with van der Waals surface area (Å²) in [6.45, 7) is 0.477. The van der Waals surface area contributed by atoms with Gasteiger partial charge in [-0.1, -0.05) is 24.3 Å². The van der Waals surface area contributed by atoms with E-state index < -0.39 is 0 Å². The Morgan fingerprint density at radius 2 is 1.86 bits per heavy atom. The Kier molecular flexibility index (Phi) is 7.51. The summed E-state index contributed by atoms with van der Waals surface area (Å²) in [6, 6.07) is 15.3. The number of ether oxygens (including phenoxy) is 2. The highest BCUT2D eigenvalue weighted by atomic mass is 127. The quantitative estimate of drug-likeness (QED) is 0.449.